The number of nitrogens with zero attached hydrogens (tertiary/aromatic N) is 4. The van der Waals surface area contributed by atoms with Crippen LogP contribution < -0.4 is 4.90 Å². The highest BCUT2D eigenvalue weighted by Crippen LogP contribution is 2.26. The number of aromatic nitrogens is 1. The van der Waals surface area contributed by atoms with E-state index >= 15 is 0 Å². The summed E-state index contributed by atoms with van der Waals surface area (Å²) in [6, 6.07) is 4.90. The normalized spacial score (nSPS) is 21.1. The van der Waals surface area contributed by atoms with Crippen molar-refractivity contribution in [2.24, 2.45) is 0 Å². The van der Waals surface area contributed by atoms with Crippen LogP contribution in [0.2, 0.25) is 0 Å². The summed E-state index contributed by atoms with van der Waals surface area (Å²) >= 11 is 3.38. The minimum absolute atomic E-state index is 0.661. The van der Waals surface area contributed by atoms with Crippen LogP contribution in [0.5, 0.6) is 0 Å². The Bertz CT molecular complexity index is 511. The lowest BCUT2D eigenvalue weighted by Gasteiger charge is -2.38. The maximum atomic E-state index is 9.25. The smallest absolute Gasteiger partial charge is 0.146 e. The third-order valence-electron chi connectivity index (χ3n) is 4.41. The van der Waals surface area contributed by atoms with Crippen LogP contribution in [0.3, 0.4) is 0 Å². The molecule has 5 heteroatoms. The van der Waals surface area contributed by atoms with E-state index in [4.69, 9.17) is 0 Å². The Morgan fingerprint density at radius 1 is 1.20 bits per heavy atom. The molecule has 0 atom stereocenters. The maximum Gasteiger partial charge on any atom is 0.146 e. The molecule has 3 rings (SSSR count). The van der Waals surface area contributed by atoms with Crippen LogP contribution in [0.1, 0.15) is 31.2 Å². The Balaban J connectivity index is 1.67. The quantitative estimate of drug-likeness (QED) is 0.834. The number of halogens is 1. The topological polar surface area (TPSA) is 43.2 Å². The van der Waals surface area contributed by atoms with Gasteiger partial charge >= 0.3 is 0 Å². The van der Waals surface area contributed by atoms with E-state index in [0.29, 0.717) is 5.56 Å². The fraction of sp³-hybridized carbons (Fsp3) is 0.600. The molecular formula is C15H19BrN4. The molecule has 0 spiro atoms. The fourth-order valence-electron chi connectivity index (χ4n) is 3.33. The van der Waals surface area contributed by atoms with E-state index in [1.807, 2.05) is 6.07 Å². The number of hydrogen-bond acceptors (Lipinski definition) is 4. The van der Waals surface area contributed by atoms with Gasteiger partial charge in [0.2, 0.25) is 0 Å². The van der Waals surface area contributed by atoms with Crippen molar-refractivity contribution in [3.8, 4) is 6.07 Å². The number of nitriles is 1. The van der Waals surface area contributed by atoms with Crippen LogP contribution in [-0.2, 0) is 0 Å². The van der Waals surface area contributed by atoms with Gasteiger partial charge in [0.1, 0.15) is 11.9 Å². The predicted molar refractivity (Wildman–Crippen MR) is 82.7 cm³/mol. The molecule has 1 aliphatic carbocycles. The summed E-state index contributed by atoms with van der Waals surface area (Å²) < 4.78 is 0.863. The highest BCUT2D eigenvalue weighted by Gasteiger charge is 2.27. The standard InChI is InChI=1S/C15H19BrN4/c16-13-9-12(10-17)15(18-11-13)20-7-5-19(6-8-20)14-3-1-2-4-14/h9,11,14H,1-8H2. The van der Waals surface area contributed by atoms with Gasteiger partial charge in [-0.05, 0) is 34.8 Å². The average Bonchev–Trinajstić information content (AvgIpc) is 3.01. The number of hydrogen-bond donors (Lipinski definition) is 0. The Labute approximate surface area is 128 Å². The zero-order valence-electron chi connectivity index (χ0n) is 11.6. The lowest BCUT2D eigenvalue weighted by atomic mass is 10.1. The summed E-state index contributed by atoms with van der Waals surface area (Å²) in [5, 5.41) is 9.25. The van der Waals surface area contributed by atoms with Crippen molar-refractivity contribution < 1.29 is 0 Å². The first kappa shape index (κ1) is 13.8. The van der Waals surface area contributed by atoms with Gasteiger partial charge < -0.3 is 4.90 Å². The summed E-state index contributed by atoms with van der Waals surface area (Å²) in [7, 11) is 0. The molecule has 1 saturated carbocycles. The molecule has 1 aromatic heterocycles. The molecular weight excluding hydrogens is 316 g/mol. The second-order valence-corrected chi connectivity index (χ2v) is 6.51. The van der Waals surface area contributed by atoms with E-state index in [1.54, 1.807) is 6.20 Å². The van der Waals surface area contributed by atoms with Crippen LogP contribution in [0.15, 0.2) is 16.7 Å². The van der Waals surface area contributed by atoms with E-state index < -0.39 is 0 Å². The van der Waals surface area contributed by atoms with Crippen molar-refractivity contribution >= 4 is 21.7 Å². The van der Waals surface area contributed by atoms with Crippen molar-refractivity contribution in [1.82, 2.24) is 9.88 Å². The van der Waals surface area contributed by atoms with Crippen LogP contribution in [0, 0.1) is 11.3 Å². The summed E-state index contributed by atoms with van der Waals surface area (Å²) in [6.45, 7) is 4.13. The summed E-state index contributed by atoms with van der Waals surface area (Å²) in [5.41, 5.74) is 0.661. The zero-order chi connectivity index (χ0) is 13.9. The van der Waals surface area contributed by atoms with Crippen molar-refractivity contribution in [2.75, 3.05) is 31.1 Å². The molecule has 0 radical (unpaired) electrons. The molecule has 1 aromatic rings. The lowest BCUT2D eigenvalue weighted by molar-refractivity contribution is 0.187. The molecule has 0 unspecified atom stereocenters. The van der Waals surface area contributed by atoms with E-state index in [1.165, 1.54) is 25.7 Å². The summed E-state index contributed by atoms with van der Waals surface area (Å²) in [5.74, 6) is 0.835. The number of pyridine rings is 1. The number of rotatable bonds is 2. The largest absolute Gasteiger partial charge is 0.353 e. The summed E-state index contributed by atoms with van der Waals surface area (Å²) in [6.07, 6.45) is 7.27. The minimum atomic E-state index is 0.661. The molecule has 2 heterocycles. The van der Waals surface area contributed by atoms with Gasteiger partial charge in [-0.3, -0.25) is 4.90 Å². The first-order valence-corrected chi connectivity index (χ1v) is 8.12. The van der Waals surface area contributed by atoms with Crippen LogP contribution in [-0.4, -0.2) is 42.1 Å². The van der Waals surface area contributed by atoms with Gasteiger partial charge in [-0.15, -0.1) is 0 Å². The molecule has 0 bridgehead atoms. The average molecular weight is 335 g/mol. The predicted octanol–water partition coefficient (Wildman–Crippen LogP) is 2.78. The molecule has 4 nitrogen and oxygen atoms in total. The van der Waals surface area contributed by atoms with Gasteiger partial charge in [-0.25, -0.2) is 4.98 Å². The molecule has 1 aliphatic heterocycles. The second-order valence-electron chi connectivity index (χ2n) is 5.60. The fourth-order valence-corrected chi connectivity index (χ4v) is 3.67. The van der Waals surface area contributed by atoms with Crippen molar-refractivity contribution in [1.29, 1.82) is 5.26 Å². The molecule has 0 aromatic carbocycles. The third-order valence-corrected chi connectivity index (χ3v) is 4.84. The molecule has 106 valence electrons. The maximum absolute atomic E-state index is 9.25. The molecule has 2 fully saturated rings. The van der Waals surface area contributed by atoms with Crippen molar-refractivity contribution in [3.63, 3.8) is 0 Å². The Morgan fingerprint density at radius 3 is 2.55 bits per heavy atom. The third kappa shape index (κ3) is 2.82. The summed E-state index contributed by atoms with van der Waals surface area (Å²) in [4.78, 5) is 9.30. The van der Waals surface area contributed by atoms with Crippen LogP contribution in [0.25, 0.3) is 0 Å². The first-order chi connectivity index (χ1) is 9.78. The zero-order valence-corrected chi connectivity index (χ0v) is 13.1. The molecule has 20 heavy (non-hydrogen) atoms. The van der Waals surface area contributed by atoms with Gasteiger partial charge in [0.05, 0.1) is 5.56 Å². The molecule has 2 aliphatic rings. The Morgan fingerprint density at radius 2 is 1.90 bits per heavy atom. The van der Waals surface area contributed by atoms with Crippen molar-refractivity contribution in [3.05, 3.63) is 22.3 Å². The molecule has 0 amide bonds. The van der Waals surface area contributed by atoms with Gasteiger partial charge in [0.15, 0.2) is 0 Å². The Kier molecular flexibility index (Phi) is 4.23. The van der Waals surface area contributed by atoms with E-state index in [2.05, 4.69) is 36.8 Å². The first-order valence-electron chi connectivity index (χ1n) is 7.32. The highest BCUT2D eigenvalue weighted by molar-refractivity contribution is 9.10. The van der Waals surface area contributed by atoms with E-state index in [-0.39, 0.29) is 0 Å². The molecule has 1 saturated heterocycles. The van der Waals surface area contributed by atoms with Crippen molar-refractivity contribution in [2.45, 2.75) is 31.7 Å². The van der Waals surface area contributed by atoms with Gasteiger partial charge in [0.25, 0.3) is 0 Å². The number of piperazine rings is 1. The van der Waals surface area contributed by atoms with E-state index in [9.17, 15) is 5.26 Å². The number of anilines is 1. The highest BCUT2D eigenvalue weighted by atomic mass is 79.9. The second kappa shape index (κ2) is 6.11. The minimum Gasteiger partial charge on any atom is -0.353 e. The monoisotopic (exact) mass is 334 g/mol. The van der Waals surface area contributed by atoms with Crippen LogP contribution in [0.4, 0.5) is 5.82 Å². The molecule has 0 N–H and O–H groups in total. The van der Waals surface area contributed by atoms with Gasteiger partial charge in [0, 0.05) is 42.9 Å². The SMILES string of the molecule is N#Cc1cc(Br)cnc1N1CCN(C2CCCC2)CC1. The Hall–Kier alpha value is -1.12. The lowest BCUT2D eigenvalue weighted by Crippen LogP contribution is -2.50. The van der Waals surface area contributed by atoms with E-state index in [0.717, 1.165) is 42.5 Å². The van der Waals surface area contributed by atoms with Crippen LogP contribution >= 0.6 is 15.9 Å². The van der Waals surface area contributed by atoms with Gasteiger partial charge in [-0.1, -0.05) is 12.8 Å². The van der Waals surface area contributed by atoms with Gasteiger partial charge in [-0.2, -0.15) is 5.26 Å².